The van der Waals surface area contributed by atoms with Crippen molar-refractivity contribution in [3.63, 3.8) is 0 Å². The van der Waals surface area contributed by atoms with Crippen molar-refractivity contribution in [1.29, 1.82) is 0 Å². The summed E-state index contributed by atoms with van der Waals surface area (Å²) in [6.45, 7) is 8.33. The molecule has 3 heterocycles. The van der Waals surface area contributed by atoms with Gasteiger partial charge in [0.25, 0.3) is 5.91 Å². The summed E-state index contributed by atoms with van der Waals surface area (Å²) >= 11 is 0. The zero-order chi connectivity index (χ0) is 16.6. The van der Waals surface area contributed by atoms with Crippen LogP contribution in [0.25, 0.3) is 0 Å². The van der Waals surface area contributed by atoms with Crippen molar-refractivity contribution < 1.29 is 4.79 Å². The molecule has 124 valence electrons. The lowest BCUT2D eigenvalue weighted by molar-refractivity contribution is 0.0940. The van der Waals surface area contributed by atoms with E-state index in [1.165, 1.54) is 0 Å². The number of nitrogens with zero attached hydrogens (tertiary/aromatic N) is 4. The minimum absolute atomic E-state index is 0.102. The number of aryl methyl sites for hydroxylation is 2. The molecule has 0 unspecified atom stereocenters. The summed E-state index contributed by atoms with van der Waals surface area (Å²) in [4.78, 5) is 14.7. The Kier molecular flexibility index (Phi) is 4.21. The number of amides is 1. The Balaban J connectivity index is 1.66. The monoisotopic (exact) mass is 316 g/mol. The Bertz CT molecular complexity index is 716. The van der Waals surface area contributed by atoms with Crippen LogP contribution in [-0.4, -0.2) is 50.9 Å². The van der Waals surface area contributed by atoms with E-state index in [1.807, 2.05) is 31.5 Å². The van der Waals surface area contributed by atoms with Crippen LogP contribution in [0.15, 0.2) is 6.07 Å². The van der Waals surface area contributed by atoms with Gasteiger partial charge in [-0.05, 0) is 33.9 Å². The highest BCUT2D eigenvalue weighted by molar-refractivity contribution is 5.94. The van der Waals surface area contributed by atoms with Crippen molar-refractivity contribution in [3.8, 4) is 0 Å². The first-order valence-corrected chi connectivity index (χ1v) is 8.01. The summed E-state index contributed by atoms with van der Waals surface area (Å²) in [5, 5.41) is 14.7. The standard InChI is InChI=1S/C16H24N6O/c1-10-7-11(2)22(20-10)12(3)8-17-16(23)15-13-9-21(4)6-5-14(13)18-19-15/h7,12H,5-6,8-9H2,1-4H3,(H,17,23)(H,18,19)/t12-/m1/s1. The van der Waals surface area contributed by atoms with Gasteiger partial charge in [-0.2, -0.15) is 10.2 Å². The second-order valence-corrected chi connectivity index (χ2v) is 6.45. The molecule has 2 aromatic heterocycles. The third-order valence-electron chi connectivity index (χ3n) is 4.36. The first kappa shape index (κ1) is 15.7. The number of hydrogen-bond acceptors (Lipinski definition) is 4. The highest BCUT2D eigenvalue weighted by Crippen LogP contribution is 2.19. The zero-order valence-corrected chi connectivity index (χ0v) is 14.2. The third kappa shape index (κ3) is 3.14. The number of fused-ring (bicyclic) bond motifs is 1. The number of rotatable bonds is 4. The average molecular weight is 316 g/mol. The number of carbonyl (C=O) groups is 1. The van der Waals surface area contributed by atoms with Crippen LogP contribution >= 0.6 is 0 Å². The first-order chi connectivity index (χ1) is 11.0. The molecular weight excluding hydrogens is 292 g/mol. The first-order valence-electron chi connectivity index (χ1n) is 8.01. The molecule has 0 bridgehead atoms. The topological polar surface area (TPSA) is 78.8 Å². The van der Waals surface area contributed by atoms with Crippen LogP contribution in [0.1, 0.15) is 46.1 Å². The molecule has 7 heteroatoms. The molecule has 1 aliphatic rings. The van der Waals surface area contributed by atoms with E-state index in [4.69, 9.17) is 0 Å². The van der Waals surface area contributed by atoms with E-state index in [9.17, 15) is 4.79 Å². The van der Waals surface area contributed by atoms with Crippen LogP contribution in [-0.2, 0) is 13.0 Å². The second-order valence-electron chi connectivity index (χ2n) is 6.45. The van der Waals surface area contributed by atoms with Crippen molar-refractivity contribution in [3.05, 3.63) is 34.4 Å². The van der Waals surface area contributed by atoms with Gasteiger partial charge in [0, 0.05) is 43.0 Å². The fourth-order valence-corrected chi connectivity index (χ4v) is 3.12. The Hall–Kier alpha value is -2.15. The molecule has 0 saturated carbocycles. The van der Waals surface area contributed by atoms with Crippen LogP contribution in [0.4, 0.5) is 0 Å². The van der Waals surface area contributed by atoms with Crippen molar-refractivity contribution in [1.82, 2.24) is 30.2 Å². The average Bonchev–Trinajstić information content (AvgIpc) is 3.07. The largest absolute Gasteiger partial charge is 0.348 e. The summed E-state index contributed by atoms with van der Waals surface area (Å²) in [5.74, 6) is -0.119. The summed E-state index contributed by atoms with van der Waals surface area (Å²) < 4.78 is 1.95. The molecule has 3 rings (SSSR count). The van der Waals surface area contributed by atoms with Crippen molar-refractivity contribution in [2.45, 2.75) is 39.8 Å². The van der Waals surface area contributed by atoms with Gasteiger partial charge in [-0.1, -0.05) is 0 Å². The number of H-pyrrole nitrogens is 1. The van der Waals surface area contributed by atoms with Crippen LogP contribution in [0.5, 0.6) is 0 Å². The Labute approximate surface area is 136 Å². The van der Waals surface area contributed by atoms with E-state index >= 15 is 0 Å². The Morgan fingerprint density at radius 1 is 1.48 bits per heavy atom. The molecule has 0 radical (unpaired) electrons. The van der Waals surface area contributed by atoms with E-state index in [-0.39, 0.29) is 11.9 Å². The molecule has 0 fully saturated rings. The summed E-state index contributed by atoms with van der Waals surface area (Å²) in [6, 6.07) is 2.14. The highest BCUT2D eigenvalue weighted by Gasteiger charge is 2.24. The quantitative estimate of drug-likeness (QED) is 0.888. The Morgan fingerprint density at radius 2 is 2.26 bits per heavy atom. The molecule has 0 saturated heterocycles. The van der Waals surface area contributed by atoms with Gasteiger partial charge in [0.1, 0.15) is 0 Å². The van der Waals surface area contributed by atoms with Gasteiger partial charge < -0.3 is 10.2 Å². The van der Waals surface area contributed by atoms with Crippen LogP contribution in [0, 0.1) is 13.8 Å². The lowest BCUT2D eigenvalue weighted by Crippen LogP contribution is -2.32. The maximum Gasteiger partial charge on any atom is 0.272 e. The molecule has 23 heavy (non-hydrogen) atoms. The number of carbonyl (C=O) groups excluding carboxylic acids is 1. The Morgan fingerprint density at radius 3 is 2.96 bits per heavy atom. The molecule has 1 amide bonds. The van der Waals surface area contributed by atoms with Gasteiger partial charge in [0.05, 0.1) is 11.7 Å². The van der Waals surface area contributed by atoms with Crippen LogP contribution in [0.3, 0.4) is 0 Å². The summed E-state index contributed by atoms with van der Waals surface area (Å²) in [7, 11) is 2.06. The SMILES string of the molecule is Cc1cc(C)n([C@H](C)CNC(=O)c2n[nH]c3c2CN(C)CC3)n1. The van der Waals surface area contributed by atoms with E-state index in [0.29, 0.717) is 12.2 Å². The van der Waals surface area contributed by atoms with Gasteiger partial charge in [-0.15, -0.1) is 0 Å². The fourth-order valence-electron chi connectivity index (χ4n) is 3.12. The lowest BCUT2D eigenvalue weighted by Gasteiger charge is -2.22. The maximum absolute atomic E-state index is 12.5. The summed E-state index contributed by atoms with van der Waals surface area (Å²) in [6.07, 6.45) is 0.911. The molecule has 1 atom stereocenters. The predicted octanol–water partition coefficient (Wildman–Crippen LogP) is 1.20. The maximum atomic E-state index is 12.5. The molecule has 2 N–H and O–H groups in total. The number of hydrogen-bond donors (Lipinski definition) is 2. The minimum Gasteiger partial charge on any atom is -0.348 e. The van der Waals surface area contributed by atoms with Gasteiger partial charge in [0.2, 0.25) is 0 Å². The van der Waals surface area contributed by atoms with Crippen molar-refractivity contribution in [2.24, 2.45) is 0 Å². The number of aromatic nitrogens is 4. The molecule has 1 aliphatic heterocycles. The number of likely N-dealkylation sites (N-methyl/N-ethyl adjacent to an activating group) is 1. The van der Waals surface area contributed by atoms with Gasteiger partial charge in [-0.3, -0.25) is 14.6 Å². The van der Waals surface area contributed by atoms with Crippen LogP contribution < -0.4 is 5.32 Å². The van der Waals surface area contributed by atoms with Crippen molar-refractivity contribution >= 4 is 5.91 Å². The number of aromatic amines is 1. The molecule has 2 aromatic rings. The predicted molar refractivity (Wildman–Crippen MR) is 87.4 cm³/mol. The minimum atomic E-state index is -0.119. The van der Waals surface area contributed by atoms with Gasteiger partial charge in [-0.25, -0.2) is 0 Å². The van der Waals surface area contributed by atoms with E-state index in [2.05, 4.69) is 32.6 Å². The fraction of sp³-hybridized carbons (Fsp3) is 0.562. The third-order valence-corrected chi connectivity index (χ3v) is 4.36. The highest BCUT2D eigenvalue weighted by atomic mass is 16.1. The van der Waals surface area contributed by atoms with Gasteiger partial charge >= 0.3 is 0 Å². The van der Waals surface area contributed by atoms with Gasteiger partial charge in [0.15, 0.2) is 5.69 Å². The molecule has 0 aliphatic carbocycles. The molecule has 7 nitrogen and oxygen atoms in total. The smallest absolute Gasteiger partial charge is 0.272 e. The van der Waals surface area contributed by atoms with Crippen molar-refractivity contribution in [2.75, 3.05) is 20.1 Å². The van der Waals surface area contributed by atoms with Crippen LogP contribution in [0.2, 0.25) is 0 Å². The van der Waals surface area contributed by atoms with E-state index < -0.39 is 0 Å². The second kappa shape index (κ2) is 6.16. The lowest BCUT2D eigenvalue weighted by atomic mass is 10.1. The summed E-state index contributed by atoms with van der Waals surface area (Å²) in [5.41, 5.74) is 4.72. The number of nitrogens with one attached hydrogen (secondary N) is 2. The van der Waals surface area contributed by atoms with E-state index in [0.717, 1.165) is 42.2 Å². The molecular formula is C16H24N6O. The zero-order valence-electron chi connectivity index (χ0n) is 14.2. The molecule has 0 aromatic carbocycles. The van der Waals surface area contributed by atoms with E-state index in [1.54, 1.807) is 0 Å². The molecule has 0 spiro atoms. The normalized spacial score (nSPS) is 16.2.